The Balaban J connectivity index is 1.81. The van der Waals surface area contributed by atoms with E-state index in [1.807, 2.05) is 0 Å². The molecule has 0 radical (unpaired) electrons. The third kappa shape index (κ3) is 3.42. The van der Waals surface area contributed by atoms with Crippen molar-refractivity contribution in [2.24, 2.45) is 0 Å². The minimum Gasteiger partial charge on any atom is -0.478 e. The van der Waals surface area contributed by atoms with Gasteiger partial charge in [0.1, 0.15) is 6.61 Å². The Hall–Kier alpha value is -1.62. The number of aromatic nitrogens is 1. The standard InChI is InChI=1S/C12H16N2O3/c1-14(10-2-3-10)6-7-17-11-8-9(12(15)16)4-5-13-11/h4-5,8,10H,2-3,6-7H2,1H3,(H,15,16). The molecule has 2 rings (SSSR count). The van der Waals surface area contributed by atoms with Crippen molar-refractivity contribution in [1.82, 2.24) is 9.88 Å². The number of rotatable bonds is 6. The maximum absolute atomic E-state index is 10.7. The Bertz CT molecular complexity index is 404. The summed E-state index contributed by atoms with van der Waals surface area (Å²) >= 11 is 0. The summed E-state index contributed by atoms with van der Waals surface area (Å²) in [6, 6.07) is 3.60. The van der Waals surface area contributed by atoms with Gasteiger partial charge in [0.15, 0.2) is 0 Å². The molecule has 1 aromatic rings. The van der Waals surface area contributed by atoms with Gasteiger partial charge in [-0.05, 0) is 26.0 Å². The van der Waals surface area contributed by atoms with Gasteiger partial charge in [0.25, 0.3) is 0 Å². The monoisotopic (exact) mass is 236 g/mol. The molecule has 17 heavy (non-hydrogen) atoms. The van der Waals surface area contributed by atoms with Crippen LogP contribution in [0.5, 0.6) is 5.88 Å². The number of aromatic carboxylic acids is 1. The molecule has 0 aromatic carbocycles. The van der Waals surface area contributed by atoms with Gasteiger partial charge in [0.05, 0.1) is 5.56 Å². The van der Waals surface area contributed by atoms with Crippen molar-refractivity contribution in [3.05, 3.63) is 23.9 Å². The normalized spacial score (nSPS) is 14.9. The zero-order valence-electron chi connectivity index (χ0n) is 9.80. The molecule has 0 unspecified atom stereocenters. The van der Waals surface area contributed by atoms with Gasteiger partial charge in [0, 0.05) is 24.8 Å². The quantitative estimate of drug-likeness (QED) is 0.805. The molecule has 1 aliphatic rings. The smallest absolute Gasteiger partial charge is 0.335 e. The molecule has 1 aromatic heterocycles. The molecule has 0 aliphatic heterocycles. The highest BCUT2D eigenvalue weighted by Crippen LogP contribution is 2.24. The Labute approximate surface area is 100 Å². The van der Waals surface area contributed by atoms with Gasteiger partial charge in [-0.1, -0.05) is 0 Å². The second-order valence-electron chi connectivity index (χ2n) is 4.25. The van der Waals surface area contributed by atoms with Gasteiger partial charge in [-0.2, -0.15) is 0 Å². The van der Waals surface area contributed by atoms with Crippen LogP contribution in [0.15, 0.2) is 18.3 Å². The minimum atomic E-state index is -0.965. The molecule has 1 heterocycles. The lowest BCUT2D eigenvalue weighted by atomic mass is 10.3. The first-order valence-electron chi connectivity index (χ1n) is 5.69. The highest BCUT2D eigenvalue weighted by atomic mass is 16.5. The summed E-state index contributed by atoms with van der Waals surface area (Å²) in [7, 11) is 2.07. The fourth-order valence-electron chi connectivity index (χ4n) is 1.61. The van der Waals surface area contributed by atoms with E-state index in [1.54, 1.807) is 0 Å². The first-order chi connectivity index (χ1) is 8.16. The lowest BCUT2D eigenvalue weighted by Crippen LogP contribution is -2.26. The molecule has 1 fully saturated rings. The van der Waals surface area contributed by atoms with Crippen molar-refractivity contribution in [2.75, 3.05) is 20.2 Å². The third-order valence-corrected chi connectivity index (χ3v) is 2.85. The fraction of sp³-hybridized carbons (Fsp3) is 0.500. The summed E-state index contributed by atoms with van der Waals surface area (Å²) in [5.41, 5.74) is 0.200. The SMILES string of the molecule is CN(CCOc1cc(C(=O)O)ccn1)C1CC1. The Morgan fingerprint density at radius 3 is 3.06 bits per heavy atom. The number of ether oxygens (including phenoxy) is 1. The highest BCUT2D eigenvalue weighted by Gasteiger charge is 2.25. The van der Waals surface area contributed by atoms with E-state index in [2.05, 4.69) is 16.9 Å². The van der Waals surface area contributed by atoms with Crippen LogP contribution in [0.1, 0.15) is 23.2 Å². The van der Waals surface area contributed by atoms with Crippen LogP contribution in [-0.4, -0.2) is 47.2 Å². The lowest BCUT2D eigenvalue weighted by molar-refractivity contribution is 0.0696. The summed E-state index contributed by atoms with van der Waals surface area (Å²) in [5, 5.41) is 8.81. The van der Waals surface area contributed by atoms with Gasteiger partial charge in [0.2, 0.25) is 5.88 Å². The second kappa shape index (κ2) is 5.14. The molecule has 1 saturated carbocycles. The molecule has 5 heteroatoms. The summed E-state index contributed by atoms with van der Waals surface area (Å²) < 4.78 is 5.43. The van der Waals surface area contributed by atoms with Crippen LogP contribution >= 0.6 is 0 Å². The number of hydrogen-bond donors (Lipinski definition) is 1. The van der Waals surface area contributed by atoms with Crippen molar-refractivity contribution in [3.8, 4) is 5.88 Å². The lowest BCUT2D eigenvalue weighted by Gasteiger charge is -2.15. The number of carbonyl (C=O) groups is 1. The molecular formula is C12H16N2O3. The zero-order valence-corrected chi connectivity index (χ0v) is 9.80. The van der Waals surface area contributed by atoms with Gasteiger partial charge >= 0.3 is 5.97 Å². The predicted molar refractivity (Wildman–Crippen MR) is 62.3 cm³/mol. The van der Waals surface area contributed by atoms with Gasteiger partial charge in [-0.25, -0.2) is 9.78 Å². The third-order valence-electron chi connectivity index (χ3n) is 2.85. The van der Waals surface area contributed by atoms with E-state index in [4.69, 9.17) is 9.84 Å². The van der Waals surface area contributed by atoms with E-state index >= 15 is 0 Å². The second-order valence-corrected chi connectivity index (χ2v) is 4.25. The fourth-order valence-corrected chi connectivity index (χ4v) is 1.61. The number of likely N-dealkylation sites (N-methyl/N-ethyl adjacent to an activating group) is 1. The molecule has 0 bridgehead atoms. The summed E-state index contributed by atoms with van der Waals surface area (Å²) in [6.45, 7) is 1.37. The first-order valence-corrected chi connectivity index (χ1v) is 5.69. The van der Waals surface area contributed by atoms with Gasteiger partial charge in [-0.3, -0.25) is 0 Å². The maximum Gasteiger partial charge on any atom is 0.335 e. The van der Waals surface area contributed by atoms with Crippen LogP contribution < -0.4 is 4.74 Å². The van der Waals surface area contributed by atoms with Crippen LogP contribution in [0.25, 0.3) is 0 Å². The Morgan fingerprint density at radius 1 is 1.65 bits per heavy atom. The van der Waals surface area contributed by atoms with E-state index in [0.29, 0.717) is 18.5 Å². The van der Waals surface area contributed by atoms with Crippen molar-refractivity contribution in [2.45, 2.75) is 18.9 Å². The molecular weight excluding hydrogens is 220 g/mol. The molecule has 92 valence electrons. The molecule has 0 saturated heterocycles. The zero-order chi connectivity index (χ0) is 12.3. The Kier molecular flexibility index (Phi) is 3.58. The van der Waals surface area contributed by atoms with E-state index in [0.717, 1.165) is 6.54 Å². The first kappa shape index (κ1) is 11.9. The van der Waals surface area contributed by atoms with Crippen molar-refractivity contribution in [1.29, 1.82) is 0 Å². The van der Waals surface area contributed by atoms with Crippen molar-refractivity contribution >= 4 is 5.97 Å². The summed E-state index contributed by atoms with van der Waals surface area (Å²) in [5.74, 6) is -0.596. The van der Waals surface area contributed by atoms with Crippen molar-refractivity contribution < 1.29 is 14.6 Å². The number of hydrogen-bond acceptors (Lipinski definition) is 4. The number of carboxylic acids is 1. The van der Waals surface area contributed by atoms with Crippen LogP contribution in [0.4, 0.5) is 0 Å². The molecule has 0 spiro atoms. The van der Waals surface area contributed by atoms with Gasteiger partial charge in [-0.15, -0.1) is 0 Å². The van der Waals surface area contributed by atoms with E-state index < -0.39 is 5.97 Å². The van der Waals surface area contributed by atoms with Gasteiger partial charge < -0.3 is 14.7 Å². The van der Waals surface area contributed by atoms with E-state index in [1.165, 1.54) is 31.2 Å². The number of carboxylic acid groups (broad SMARTS) is 1. The van der Waals surface area contributed by atoms with Crippen molar-refractivity contribution in [3.63, 3.8) is 0 Å². The topological polar surface area (TPSA) is 62.7 Å². The van der Waals surface area contributed by atoms with Crippen LogP contribution in [0.2, 0.25) is 0 Å². The molecule has 1 N–H and O–H groups in total. The average molecular weight is 236 g/mol. The largest absolute Gasteiger partial charge is 0.478 e. The van der Waals surface area contributed by atoms with Crippen LogP contribution in [0.3, 0.4) is 0 Å². The number of pyridine rings is 1. The van der Waals surface area contributed by atoms with Crippen LogP contribution in [0, 0.1) is 0 Å². The summed E-state index contributed by atoms with van der Waals surface area (Å²) in [4.78, 5) is 17.0. The molecule has 0 amide bonds. The molecule has 1 aliphatic carbocycles. The maximum atomic E-state index is 10.7. The number of nitrogens with zero attached hydrogens (tertiary/aromatic N) is 2. The predicted octanol–water partition coefficient (Wildman–Crippen LogP) is 1.25. The Morgan fingerprint density at radius 2 is 2.41 bits per heavy atom. The average Bonchev–Trinajstić information content (AvgIpc) is 3.13. The summed E-state index contributed by atoms with van der Waals surface area (Å²) in [6.07, 6.45) is 3.98. The molecule has 5 nitrogen and oxygen atoms in total. The minimum absolute atomic E-state index is 0.200. The molecule has 0 atom stereocenters. The van der Waals surface area contributed by atoms with Crippen LogP contribution in [-0.2, 0) is 0 Å². The van der Waals surface area contributed by atoms with E-state index in [-0.39, 0.29) is 5.56 Å². The highest BCUT2D eigenvalue weighted by molar-refractivity contribution is 5.87. The van der Waals surface area contributed by atoms with E-state index in [9.17, 15) is 4.79 Å².